The summed E-state index contributed by atoms with van der Waals surface area (Å²) in [5.41, 5.74) is 0. The first kappa shape index (κ1) is 9.47. The van der Waals surface area contributed by atoms with Crippen molar-refractivity contribution in [3.8, 4) is 0 Å². The van der Waals surface area contributed by atoms with Gasteiger partial charge in [0.15, 0.2) is 9.84 Å². The van der Waals surface area contributed by atoms with Gasteiger partial charge in [0, 0.05) is 6.42 Å². The van der Waals surface area contributed by atoms with Crippen LogP contribution in [0.1, 0.15) is 6.42 Å². The van der Waals surface area contributed by atoms with Crippen LogP contribution in [0.4, 0.5) is 0 Å². The highest BCUT2D eigenvalue weighted by Crippen LogP contribution is 2.07. The van der Waals surface area contributed by atoms with E-state index in [-0.39, 0.29) is 24.1 Å². The maximum Gasteiger partial charge on any atom is 0.156 e. The van der Waals surface area contributed by atoms with Crippen LogP contribution in [0.25, 0.3) is 0 Å². The summed E-state index contributed by atoms with van der Waals surface area (Å²) in [6.45, 7) is -0.153. The summed E-state index contributed by atoms with van der Waals surface area (Å²) >= 11 is 0. The average Bonchev–Trinajstić information content (AvgIpc) is 2.26. The molecule has 1 fully saturated rings. The fourth-order valence-corrected chi connectivity index (χ4v) is 3.06. The van der Waals surface area contributed by atoms with Crippen molar-refractivity contribution in [2.45, 2.75) is 12.5 Å². The Morgan fingerprint density at radius 3 is 2.67 bits per heavy atom. The van der Waals surface area contributed by atoms with Gasteiger partial charge < -0.3 is 15.2 Å². The standard InChI is InChI=1S/C6H11NO4S/c8-6(9)3-7-5-1-2-12(10,11)4-5/h5,7H,1-4H2,(H,8,9)/t5-/m1/s1. The van der Waals surface area contributed by atoms with Gasteiger partial charge in [0.1, 0.15) is 18.3 Å². The van der Waals surface area contributed by atoms with Gasteiger partial charge in [-0.25, -0.2) is 8.42 Å². The fraction of sp³-hybridized carbons (Fsp3) is 0.833. The van der Waals surface area contributed by atoms with E-state index in [1.54, 1.807) is 0 Å². The van der Waals surface area contributed by atoms with Crippen LogP contribution < -0.4 is 10.4 Å². The highest BCUT2D eigenvalue weighted by Gasteiger charge is 2.29. The monoisotopic (exact) mass is 193 g/mol. The smallest absolute Gasteiger partial charge is 0.156 e. The SMILES string of the molecule is O=C([O-])C[NH2+][C@@H]1CCS(=O)(=O)C1. The Bertz CT molecular complexity index is 271. The molecule has 1 aliphatic rings. The van der Waals surface area contributed by atoms with Gasteiger partial charge in [-0.15, -0.1) is 0 Å². The van der Waals surface area contributed by atoms with E-state index in [0.29, 0.717) is 6.42 Å². The first-order valence-corrected chi connectivity index (χ1v) is 5.55. The number of carbonyl (C=O) groups is 1. The van der Waals surface area contributed by atoms with Gasteiger partial charge in [-0.2, -0.15) is 0 Å². The van der Waals surface area contributed by atoms with Crippen molar-refractivity contribution in [3.05, 3.63) is 0 Å². The molecule has 2 N–H and O–H groups in total. The molecule has 0 aromatic carbocycles. The second-order valence-corrected chi connectivity index (χ2v) is 5.20. The largest absolute Gasteiger partial charge is 0.544 e. The normalized spacial score (nSPS) is 27.2. The van der Waals surface area contributed by atoms with Gasteiger partial charge in [-0.3, -0.25) is 0 Å². The van der Waals surface area contributed by atoms with Crippen LogP contribution in [0, 0.1) is 0 Å². The van der Waals surface area contributed by atoms with Crippen molar-refractivity contribution in [2.24, 2.45) is 0 Å². The third-order valence-corrected chi connectivity index (χ3v) is 3.68. The first-order valence-electron chi connectivity index (χ1n) is 3.73. The van der Waals surface area contributed by atoms with Crippen molar-refractivity contribution in [1.29, 1.82) is 0 Å². The molecule has 0 aliphatic carbocycles. The minimum absolute atomic E-state index is 0.0899. The zero-order valence-corrected chi connectivity index (χ0v) is 7.34. The molecule has 70 valence electrons. The highest BCUT2D eigenvalue weighted by atomic mass is 32.2. The van der Waals surface area contributed by atoms with Crippen molar-refractivity contribution < 1.29 is 23.6 Å². The summed E-state index contributed by atoms with van der Waals surface area (Å²) < 4.78 is 21.8. The second-order valence-electron chi connectivity index (χ2n) is 2.97. The molecule has 0 aromatic heterocycles. The van der Waals surface area contributed by atoms with E-state index in [4.69, 9.17) is 0 Å². The Morgan fingerprint density at radius 2 is 2.25 bits per heavy atom. The molecule has 6 heteroatoms. The van der Waals surface area contributed by atoms with Gasteiger partial charge in [0.2, 0.25) is 0 Å². The molecule has 0 amide bonds. The lowest BCUT2D eigenvalue weighted by atomic mass is 10.3. The van der Waals surface area contributed by atoms with Crippen molar-refractivity contribution in [3.63, 3.8) is 0 Å². The predicted molar refractivity (Wildman–Crippen MR) is 38.9 cm³/mol. The third-order valence-electron chi connectivity index (χ3n) is 1.89. The van der Waals surface area contributed by atoms with Crippen LogP contribution in [-0.2, 0) is 14.6 Å². The number of aliphatic carboxylic acids is 1. The number of carboxylic acids is 1. The molecule has 1 saturated heterocycles. The van der Waals surface area contributed by atoms with Crippen LogP contribution in [0.3, 0.4) is 0 Å². The molecule has 0 radical (unpaired) electrons. The minimum Gasteiger partial charge on any atom is -0.544 e. The number of nitrogens with two attached hydrogens (primary N) is 1. The van der Waals surface area contributed by atoms with Gasteiger partial charge in [-0.1, -0.05) is 0 Å². The number of carbonyl (C=O) groups excluding carboxylic acids is 1. The van der Waals surface area contributed by atoms with Crippen molar-refractivity contribution in [2.75, 3.05) is 18.1 Å². The zero-order chi connectivity index (χ0) is 9.19. The summed E-state index contributed by atoms with van der Waals surface area (Å²) in [4.78, 5) is 10.0. The van der Waals surface area contributed by atoms with Gasteiger partial charge >= 0.3 is 0 Å². The van der Waals surface area contributed by atoms with Gasteiger partial charge in [-0.05, 0) is 0 Å². The van der Waals surface area contributed by atoms with Crippen LogP contribution in [-0.4, -0.2) is 38.5 Å². The van der Waals surface area contributed by atoms with E-state index in [1.807, 2.05) is 0 Å². The summed E-state index contributed by atoms with van der Waals surface area (Å²) in [5.74, 6) is -0.874. The zero-order valence-electron chi connectivity index (χ0n) is 6.52. The van der Waals surface area contributed by atoms with Crippen molar-refractivity contribution in [1.82, 2.24) is 0 Å². The van der Waals surface area contributed by atoms with E-state index >= 15 is 0 Å². The van der Waals surface area contributed by atoms with E-state index < -0.39 is 15.8 Å². The molecule has 0 bridgehead atoms. The number of hydrogen-bond donors (Lipinski definition) is 1. The Labute approximate surface area is 70.7 Å². The van der Waals surface area contributed by atoms with E-state index in [1.165, 1.54) is 5.32 Å². The predicted octanol–water partition coefficient (Wildman–Crippen LogP) is -3.51. The molecule has 0 spiro atoms. The third kappa shape index (κ3) is 2.78. The fourth-order valence-electron chi connectivity index (χ4n) is 1.27. The molecule has 1 heterocycles. The molecule has 0 saturated carbocycles. The Hall–Kier alpha value is -0.620. The summed E-state index contributed by atoms with van der Waals surface area (Å²) in [7, 11) is -2.89. The number of quaternary nitrogens is 1. The molecule has 1 rings (SSSR count). The van der Waals surface area contributed by atoms with Crippen LogP contribution >= 0.6 is 0 Å². The summed E-state index contributed by atoms with van der Waals surface area (Å²) in [6.07, 6.45) is 0.551. The van der Waals surface area contributed by atoms with Gasteiger partial charge in [0.05, 0.1) is 11.7 Å². The molecular weight excluding hydrogens is 182 g/mol. The van der Waals surface area contributed by atoms with Crippen molar-refractivity contribution >= 4 is 15.8 Å². The minimum atomic E-state index is -2.89. The van der Waals surface area contributed by atoms with Crippen LogP contribution in [0.5, 0.6) is 0 Å². The van der Waals surface area contributed by atoms with E-state index in [2.05, 4.69) is 0 Å². The number of sulfone groups is 1. The topological polar surface area (TPSA) is 90.9 Å². The maximum absolute atomic E-state index is 10.9. The molecule has 5 nitrogen and oxygen atoms in total. The first-order chi connectivity index (χ1) is 5.49. The molecule has 1 atom stereocenters. The number of rotatable bonds is 3. The Balaban J connectivity index is 2.34. The Morgan fingerprint density at radius 1 is 1.58 bits per heavy atom. The number of carboxylic acid groups (broad SMARTS) is 1. The van der Waals surface area contributed by atoms with E-state index in [9.17, 15) is 18.3 Å². The number of hydrogen-bond acceptors (Lipinski definition) is 4. The lowest BCUT2D eigenvalue weighted by Gasteiger charge is -2.06. The van der Waals surface area contributed by atoms with Gasteiger partial charge in [0.25, 0.3) is 0 Å². The van der Waals surface area contributed by atoms with E-state index in [0.717, 1.165) is 0 Å². The second kappa shape index (κ2) is 3.40. The summed E-state index contributed by atoms with van der Waals surface area (Å²) in [5, 5.41) is 11.5. The van der Waals surface area contributed by atoms with Crippen LogP contribution in [0.2, 0.25) is 0 Å². The molecule has 0 unspecified atom stereocenters. The maximum atomic E-state index is 10.9. The molecular formula is C6H11NO4S. The Kier molecular flexibility index (Phi) is 2.69. The van der Waals surface area contributed by atoms with Crippen LogP contribution in [0.15, 0.2) is 0 Å². The quantitative estimate of drug-likeness (QED) is 0.503. The lowest BCUT2D eigenvalue weighted by Crippen LogP contribution is -2.92. The molecule has 1 aliphatic heterocycles. The average molecular weight is 193 g/mol. The highest BCUT2D eigenvalue weighted by molar-refractivity contribution is 7.91. The lowest BCUT2D eigenvalue weighted by molar-refractivity contribution is -0.679. The summed E-state index contributed by atoms with van der Waals surface area (Å²) in [6, 6.07) is -0.0899. The molecule has 12 heavy (non-hydrogen) atoms. The molecule has 0 aromatic rings.